The van der Waals surface area contributed by atoms with Crippen molar-refractivity contribution in [3.05, 3.63) is 29.8 Å². The van der Waals surface area contributed by atoms with E-state index in [1.165, 1.54) is 24.3 Å². The lowest BCUT2D eigenvalue weighted by atomic mass is 9.78. The predicted octanol–water partition coefficient (Wildman–Crippen LogP) is 2.49. The van der Waals surface area contributed by atoms with E-state index in [4.69, 9.17) is 5.11 Å². The quantitative estimate of drug-likeness (QED) is 0.895. The van der Waals surface area contributed by atoms with E-state index in [-0.39, 0.29) is 16.5 Å². The molecule has 0 heterocycles. The van der Waals surface area contributed by atoms with Gasteiger partial charge >= 0.3 is 5.97 Å². The Kier molecular flexibility index (Phi) is 4.68. The van der Waals surface area contributed by atoms with Gasteiger partial charge in [-0.1, -0.05) is 26.7 Å². The van der Waals surface area contributed by atoms with E-state index >= 15 is 0 Å². The third-order valence-corrected chi connectivity index (χ3v) is 5.93. The van der Waals surface area contributed by atoms with Gasteiger partial charge in [0, 0.05) is 6.04 Å². The normalized spacial score (nSPS) is 26.5. The number of sulfonamides is 1. The third kappa shape index (κ3) is 3.63. The number of benzene rings is 1. The summed E-state index contributed by atoms with van der Waals surface area (Å²) in [6, 6.07) is 5.23. The summed E-state index contributed by atoms with van der Waals surface area (Å²) in [5.74, 6) is -0.269. The standard InChI is InChI=1S/C15H21NO4S/c1-10-4-3-5-14(11(10)2)16-21(19,20)13-8-6-12(7-9-13)15(17)18/h6-11,14,16H,3-5H2,1-2H3,(H,17,18). The fourth-order valence-electron chi connectivity index (χ4n) is 2.79. The van der Waals surface area contributed by atoms with E-state index in [2.05, 4.69) is 18.6 Å². The zero-order chi connectivity index (χ0) is 15.6. The minimum Gasteiger partial charge on any atom is -0.478 e. The summed E-state index contributed by atoms with van der Waals surface area (Å²) in [5.41, 5.74) is 0.0774. The highest BCUT2D eigenvalue weighted by Crippen LogP contribution is 2.30. The van der Waals surface area contributed by atoms with Crippen LogP contribution in [0.25, 0.3) is 0 Å². The molecular formula is C15H21NO4S. The molecule has 6 heteroatoms. The molecule has 1 aromatic carbocycles. The van der Waals surface area contributed by atoms with Gasteiger partial charge in [0.2, 0.25) is 10.0 Å². The average molecular weight is 311 g/mol. The zero-order valence-electron chi connectivity index (χ0n) is 12.2. The fraction of sp³-hybridized carbons (Fsp3) is 0.533. The summed E-state index contributed by atoms with van der Waals surface area (Å²) in [4.78, 5) is 10.9. The van der Waals surface area contributed by atoms with E-state index < -0.39 is 16.0 Å². The lowest BCUT2D eigenvalue weighted by Gasteiger charge is -2.34. The molecule has 3 atom stereocenters. The Labute approximate surface area is 125 Å². The number of hydrogen-bond acceptors (Lipinski definition) is 3. The maximum absolute atomic E-state index is 12.4. The molecule has 1 saturated carbocycles. The van der Waals surface area contributed by atoms with Gasteiger partial charge in [0.1, 0.15) is 0 Å². The van der Waals surface area contributed by atoms with Crippen LogP contribution in [0.1, 0.15) is 43.5 Å². The van der Waals surface area contributed by atoms with Crippen molar-refractivity contribution in [2.24, 2.45) is 11.8 Å². The van der Waals surface area contributed by atoms with Gasteiger partial charge in [-0.25, -0.2) is 17.9 Å². The van der Waals surface area contributed by atoms with E-state index in [9.17, 15) is 13.2 Å². The highest BCUT2D eigenvalue weighted by Gasteiger charge is 2.30. The number of nitrogens with one attached hydrogen (secondary N) is 1. The lowest BCUT2D eigenvalue weighted by Crippen LogP contribution is -2.43. The molecule has 1 aromatic rings. The van der Waals surface area contributed by atoms with Crippen LogP contribution in [0.4, 0.5) is 0 Å². The van der Waals surface area contributed by atoms with Crippen LogP contribution in [-0.4, -0.2) is 25.5 Å². The van der Waals surface area contributed by atoms with Crippen LogP contribution in [0, 0.1) is 11.8 Å². The first kappa shape index (κ1) is 16.0. The zero-order valence-corrected chi connectivity index (χ0v) is 13.1. The molecule has 0 aliphatic heterocycles. The highest BCUT2D eigenvalue weighted by molar-refractivity contribution is 7.89. The van der Waals surface area contributed by atoms with Crippen molar-refractivity contribution in [1.82, 2.24) is 4.72 Å². The van der Waals surface area contributed by atoms with Crippen LogP contribution in [0.3, 0.4) is 0 Å². The number of carboxylic acid groups (broad SMARTS) is 1. The summed E-state index contributed by atoms with van der Waals surface area (Å²) in [7, 11) is -3.60. The molecule has 1 fully saturated rings. The second kappa shape index (κ2) is 6.15. The Morgan fingerprint density at radius 3 is 2.38 bits per heavy atom. The predicted molar refractivity (Wildman–Crippen MR) is 79.7 cm³/mol. The van der Waals surface area contributed by atoms with Crippen LogP contribution >= 0.6 is 0 Å². The molecule has 1 aliphatic rings. The Hall–Kier alpha value is -1.40. The maximum Gasteiger partial charge on any atom is 0.335 e. The van der Waals surface area contributed by atoms with Crippen LogP contribution in [-0.2, 0) is 10.0 Å². The first-order valence-corrected chi connectivity index (χ1v) is 8.65. The van der Waals surface area contributed by atoms with Crippen molar-refractivity contribution < 1.29 is 18.3 Å². The van der Waals surface area contributed by atoms with Crippen molar-refractivity contribution in [3.63, 3.8) is 0 Å². The van der Waals surface area contributed by atoms with Gasteiger partial charge in [-0.2, -0.15) is 0 Å². The van der Waals surface area contributed by atoms with Gasteiger partial charge in [0.05, 0.1) is 10.5 Å². The van der Waals surface area contributed by atoms with E-state index in [1.54, 1.807) is 0 Å². The molecule has 3 unspecified atom stereocenters. The topological polar surface area (TPSA) is 83.5 Å². The minimum absolute atomic E-state index is 0.0575. The summed E-state index contributed by atoms with van der Waals surface area (Å²) in [6.45, 7) is 4.22. The van der Waals surface area contributed by atoms with Gasteiger partial charge in [-0.05, 0) is 42.5 Å². The van der Waals surface area contributed by atoms with Crippen LogP contribution in [0.15, 0.2) is 29.2 Å². The smallest absolute Gasteiger partial charge is 0.335 e. The number of hydrogen-bond donors (Lipinski definition) is 2. The van der Waals surface area contributed by atoms with Crippen LogP contribution in [0.5, 0.6) is 0 Å². The van der Waals surface area contributed by atoms with Crippen LogP contribution < -0.4 is 4.72 Å². The first-order valence-electron chi connectivity index (χ1n) is 7.17. The van der Waals surface area contributed by atoms with Crippen molar-refractivity contribution in [2.45, 2.75) is 44.0 Å². The molecule has 0 amide bonds. The van der Waals surface area contributed by atoms with E-state index in [0.717, 1.165) is 19.3 Å². The van der Waals surface area contributed by atoms with E-state index in [1.807, 2.05) is 0 Å². The van der Waals surface area contributed by atoms with Crippen molar-refractivity contribution in [2.75, 3.05) is 0 Å². The molecule has 0 aromatic heterocycles. The fourth-order valence-corrected chi connectivity index (χ4v) is 4.15. The first-order chi connectivity index (χ1) is 9.81. The largest absolute Gasteiger partial charge is 0.478 e. The number of aromatic carboxylic acids is 1. The summed E-state index contributed by atoms with van der Waals surface area (Å²) in [6.07, 6.45) is 3.00. The number of carbonyl (C=O) groups is 1. The average Bonchev–Trinajstić information content (AvgIpc) is 2.44. The highest BCUT2D eigenvalue weighted by atomic mass is 32.2. The molecule has 1 aliphatic carbocycles. The molecular weight excluding hydrogens is 290 g/mol. The Bertz CT molecular complexity index is 609. The maximum atomic E-state index is 12.4. The molecule has 0 spiro atoms. The molecule has 116 valence electrons. The molecule has 2 N–H and O–H groups in total. The Morgan fingerprint density at radius 2 is 1.81 bits per heavy atom. The van der Waals surface area contributed by atoms with Crippen LogP contribution in [0.2, 0.25) is 0 Å². The molecule has 0 saturated heterocycles. The molecule has 5 nitrogen and oxygen atoms in total. The minimum atomic E-state index is -3.60. The number of carboxylic acids is 1. The lowest BCUT2D eigenvalue weighted by molar-refractivity contribution is 0.0696. The molecule has 0 radical (unpaired) electrons. The Morgan fingerprint density at radius 1 is 1.19 bits per heavy atom. The molecule has 2 rings (SSSR count). The van der Waals surface area contributed by atoms with Gasteiger partial charge < -0.3 is 5.11 Å². The summed E-state index contributed by atoms with van der Waals surface area (Å²) in [5, 5.41) is 8.84. The number of rotatable bonds is 4. The monoisotopic (exact) mass is 311 g/mol. The van der Waals surface area contributed by atoms with Crippen molar-refractivity contribution >= 4 is 16.0 Å². The third-order valence-electron chi connectivity index (χ3n) is 4.42. The Balaban J connectivity index is 2.16. The second-order valence-electron chi connectivity index (χ2n) is 5.82. The summed E-state index contributed by atoms with van der Waals surface area (Å²) >= 11 is 0. The van der Waals surface area contributed by atoms with Gasteiger partial charge in [-0.3, -0.25) is 0 Å². The summed E-state index contributed by atoms with van der Waals surface area (Å²) < 4.78 is 27.5. The molecule has 0 bridgehead atoms. The second-order valence-corrected chi connectivity index (χ2v) is 7.54. The van der Waals surface area contributed by atoms with Gasteiger partial charge in [-0.15, -0.1) is 0 Å². The van der Waals surface area contributed by atoms with Crippen molar-refractivity contribution in [1.29, 1.82) is 0 Å². The van der Waals surface area contributed by atoms with Gasteiger partial charge in [0.25, 0.3) is 0 Å². The molecule has 21 heavy (non-hydrogen) atoms. The SMILES string of the molecule is CC1CCCC(NS(=O)(=O)c2ccc(C(=O)O)cc2)C1C. The van der Waals surface area contributed by atoms with E-state index in [0.29, 0.717) is 11.8 Å². The van der Waals surface area contributed by atoms with Crippen molar-refractivity contribution in [3.8, 4) is 0 Å². The van der Waals surface area contributed by atoms with Gasteiger partial charge in [0.15, 0.2) is 0 Å².